The first-order valence-corrected chi connectivity index (χ1v) is 11.1. The molecule has 0 fully saturated rings. The lowest BCUT2D eigenvalue weighted by Gasteiger charge is -2.08. The molecule has 2 N–H and O–H groups in total. The quantitative estimate of drug-likeness (QED) is 0.172. The Morgan fingerprint density at radius 3 is 1.75 bits per heavy atom. The number of aromatic nitrogens is 2. The molecule has 0 spiro atoms. The molecular formula is C21H39N5O2. The summed E-state index contributed by atoms with van der Waals surface area (Å²) in [5.74, 6) is 0.530. The Morgan fingerprint density at radius 2 is 1.29 bits per heavy atom. The minimum Gasteiger partial charge on any atom is -0.367 e. The molecule has 1 aromatic rings. The minimum absolute atomic E-state index is 0.0876. The zero-order chi connectivity index (χ0) is 20.5. The summed E-state index contributed by atoms with van der Waals surface area (Å²) >= 11 is 0. The Hall–Kier alpha value is -1.92. The molecule has 0 unspecified atom stereocenters. The predicted octanol–water partition coefficient (Wildman–Crippen LogP) is 6.32. The second-order valence-corrected chi connectivity index (χ2v) is 7.45. The molecule has 1 rings (SSSR count). The summed E-state index contributed by atoms with van der Waals surface area (Å²) < 4.78 is 0. The average Bonchev–Trinajstić information content (AvgIpc) is 2.70. The Bertz CT molecular complexity index is 540. The monoisotopic (exact) mass is 393 g/mol. The van der Waals surface area contributed by atoms with Gasteiger partial charge >= 0.3 is 5.69 Å². The largest absolute Gasteiger partial charge is 0.367 e. The lowest BCUT2D eigenvalue weighted by Crippen LogP contribution is -2.09. The highest BCUT2D eigenvalue weighted by Crippen LogP contribution is 2.28. The highest BCUT2D eigenvalue weighted by atomic mass is 16.6. The van der Waals surface area contributed by atoms with Crippen molar-refractivity contribution in [3.63, 3.8) is 0 Å². The van der Waals surface area contributed by atoms with Gasteiger partial charge in [-0.1, -0.05) is 90.4 Å². The molecule has 1 aromatic heterocycles. The van der Waals surface area contributed by atoms with Gasteiger partial charge in [0, 0.05) is 13.6 Å². The lowest BCUT2D eigenvalue weighted by atomic mass is 10.0. The van der Waals surface area contributed by atoms with E-state index in [1.54, 1.807) is 7.05 Å². The molecule has 0 saturated heterocycles. The van der Waals surface area contributed by atoms with Gasteiger partial charge in [0.15, 0.2) is 0 Å². The predicted molar refractivity (Wildman–Crippen MR) is 117 cm³/mol. The molecule has 0 aliphatic carbocycles. The molecule has 7 nitrogen and oxygen atoms in total. The molecule has 7 heteroatoms. The van der Waals surface area contributed by atoms with Crippen molar-refractivity contribution in [3.8, 4) is 0 Å². The fraction of sp³-hybridized carbons (Fsp3) is 0.810. The average molecular weight is 394 g/mol. The summed E-state index contributed by atoms with van der Waals surface area (Å²) in [5, 5.41) is 17.0. The lowest BCUT2D eigenvalue weighted by molar-refractivity contribution is -0.383. The van der Waals surface area contributed by atoms with Gasteiger partial charge in [-0.05, 0) is 6.42 Å². The summed E-state index contributed by atoms with van der Waals surface area (Å²) in [6.45, 7) is 2.96. The van der Waals surface area contributed by atoms with E-state index in [1.165, 1.54) is 83.4 Å². The third kappa shape index (κ3) is 10.4. The smallest absolute Gasteiger partial charge is 0.353 e. The Labute approximate surface area is 170 Å². The van der Waals surface area contributed by atoms with Crippen LogP contribution in [0.5, 0.6) is 0 Å². The van der Waals surface area contributed by atoms with Crippen molar-refractivity contribution in [1.29, 1.82) is 0 Å². The maximum atomic E-state index is 11.2. The third-order valence-electron chi connectivity index (χ3n) is 5.06. The van der Waals surface area contributed by atoms with E-state index in [9.17, 15) is 10.1 Å². The highest BCUT2D eigenvalue weighted by molar-refractivity contribution is 5.68. The van der Waals surface area contributed by atoms with Gasteiger partial charge in [-0.3, -0.25) is 10.1 Å². The van der Waals surface area contributed by atoms with E-state index in [0.29, 0.717) is 12.4 Å². The summed E-state index contributed by atoms with van der Waals surface area (Å²) in [7, 11) is 1.62. The van der Waals surface area contributed by atoms with Crippen molar-refractivity contribution in [2.24, 2.45) is 0 Å². The molecular weight excluding hydrogens is 354 g/mol. The molecule has 0 aromatic carbocycles. The van der Waals surface area contributed by atoms with Crippen molar-refractivity contribution < 1.29 is 4.92 Å². The number of hydrogen-bond acceptors (Lipinski definition) is 6. The summed E-state index contributed by atoms with van der Waals surface area (Å²) in [5.41, 5.74) is -0.0876. The SMILES string of the molecule is CCCCCCCCCCCCCCCCNc1ncnc(NC)c1[N+](=O)[O-]. The summed E-state index contributed by atoms with van der Waals surface area (Å²) in [6.07, 6.45) is 19.8. The number of unbranched alkanes of at least 4 members (excludes halogenated alkanes) is 13. The number of nitrogens with zero attached hydrogens (tertiary/aromatic N) is 3. The van der Waals surface area contributed by atoms with Gasteiger partial charge in [0.05, 0.1) is 4.92 Å². The van der Waals surface area contributed by atoms with E-state index in [2.05, 4.69) is 27.5 Å². The van der Waals surface area contributed by atoms with Crippen LogP contribution in [0, 0.1) is 10.1 Å². The third-order valence-corrected chi connectivity index (χ3v) is 5.06. The van der Waals surface area contributed by atoms with Gasteiger partial charge in [-0.25, -0.2) is 9.97 Å². The van der Waals surface area contributed by atoms with Crippen molar-refractivity contribution in [2.75, 3.05) is 24.2 Å². The number of anilines is 2. The molecule has 28 heavy (non-hydrogen) atoms. The fourth-order valence-corrected chi connectivity index (χ4v) is 3.39. The van der Waals surface area contributed by atoms with Gasteiger partial charge in [0.2, 0.25) is 11.6 Å². The van der Waals surface area contributed by atoms with Crippen LogP contribution in [0.4, 0.5) is 17.3 Å². The van der Waals surface area contributed by atoms with Gasteiger partial charge in [-0.15, -0.1) is 0 Å². The van der Waals surface area contributed by atoms with Crippen LogP contribution >= 0.6 is 0 Å². The second kappa shape index (κ2) is 16.1. The molecule has 0 bridgehead atoms. The zero-order valence-electron chi connectivity index (χ0n) is 17.8. The molecule has 0 saturated carbocycles. The standard InChI is InChI=1S/C21H39N5O2/c1-3-4-5-6-7-8-9-10-11-12-13-14-15-16-17-23-21-19(26(27)28)20(22-2)24-18-25-21/h18H,3-17H2,1-2H3,(H2,22,23,24,25). The maximum Gasteiger partial charge on any atom is 0.353 e. The molecule has 0 aliphatic heterocycles. The zero-order valence-corrected chi connectivity index (χ0v) is 17.8. The van der Waals surface area contributed by atoms with Crippen molar-refractivity contribution in [3.05, 3.63) is 16.4 Å². The van der Waals surface area contributed by atoms with Crippen LogP contribution in [0.15, 0.2) is 6.33 Å². The topological polar surface area (TPSA) is 93.0 Å². The first kappa shape index (κ1) is 24.1. The van der Waals surface area contributed by atoms with E-state index < -0.39 is 4.92 Å². The van der Waals surface area contributed by atoms with Crippen molar-refractivity contribution >= 4 is 17.3 Å². The van der Waals surface area contributed by atoms with E-state index in [-0.39, 0.29) is 11.5 Å². The first-order valence-electron chi connectivity index (χ1n) is 11.1. The van der Waals surface area contributed by atoms with Crippen LogP contribution in [0.2, 0.25) is 0 Å². The molecule has 160 valence electrons. The Morgan fingerprint density at radius 1 is 0.821 bits per heavy atom. The van der Waals surface area contributed by atoms with Crippen molar-refractivity contribution in [2.45, 2.75) is 96.8 Å². The molecule has 1 heterocycles. The van der Waals surface area contributed by atoms with Gasteiger partial charge < -0.3 is 10.6 Å². The van der Waals surface area contributed by atoms with Crippen molar-refractivity contribution in [1.82, 2.24) is 9.97 Å². The number of hydrogen-bond donors (Lipinski definition) is 2. The van der Waals surface area contributed by atoms with E-state index in [1.807, 2.05) is 0 Å². The van der Waals surface area contributed by atoms with E-state index in [0.717, 1.165) is 12.8 Å². The van der Waals surface area contributed by atoms with Gasteiger partial charge in [0.25, 0.3) is 0 Å². The highest BCUT2D eigenvalue weighted by Gasteiger charge is 2.21. The second-order valence-electron chi connectivity index (χ2n) is 7.45. The van der Waals surface area contributed by atoms with Crippen LogP contribution in [-0.2, 0) is 0 Å². The van der Waals surface area contributed by atoms with Crippen LogP contribution in [0.1, 0.15) is 96.8 Å². The number of nitrogens with one attached hydrogen (secondary N) is 2. The van der Waals surface area contributed by atoms with Crippen LogP contribution < -0.4 is 10.6 Å². The van der Waals surface area contributed by atoms with E-state index >= 15 is 0 Å². The maximum absolute atomic E-state index is 11.2. The number of rotatable bonds is 18. The fourth-order valence-electron chi connectivity index (χ4n) is 3.39. The molecule has 0 aliphatic rings. The van der Waals surface area contributed by atoms with Crippen LogP contribution in [0.3, 0.4) is 0 Å². The summed E-state index contributed by atoms with van der Waals surface area (Å²) in [4.78, 5) is 18.7. The molecule has 0 radical (unpaired) electrons. The van der Waals surface area contributed by atoms with Crippen LogP contribution in [0.25, 0.3) is 0 Å². The first-order chi connectivity index (χ1) is 13.7. The Kier molecular flexibility index (Phi) is 13.8. The minimum atomic E-state index is -0.445. The summed E-state index contributed by atoms with van der Waals surface area (Å²) in [6, 6.07) is 0. The molecule has 0 atom stereocenters. The van der Waals surface area contributed by atoms with Crippen LogP contribution in [-0.4, -0.2) is 28.5 Å². The normalized spacial score (nSPS) is 10.8. The Balaban J connectivity index is 1.99. The molecule has 0 amide bonds. The number of nitro groups is 1. The van der Waals surface area contributed by atoms with Gasteiger partial charge in [0.1, 0.15) is 6.33 Å². The van der Waals surface area contributed by atoms with E-state index in [4.69, 9.17) is 0 Å². The van der Waals surface area contributed by atoms with Gasteiger partial charge in [-0.2, -0.15) is 0 Å².